The Labute approximate surface area is 145 Å². The van der Waals surface area contributed by atoms with Gasteiger partial charge in [-0.2, -0.15) is 0 Å². The summed E-state index contributed by atoms with van der Waals surface area (Å²) in [6, 6.07) is 15.8. The van der Waals surface area contributed by atoms with Crippen molar-refractivity contribution in [3.63, 3.8) is 0 Å². The smallest absolute Gasteiger partial charge is 0.248 e. The van der Waals surface area contributed by atoms with E-state index in [4.69, 9.17) is 13.9 Å². The number of benzene rings is 2. The summed E-state index contributed by atoms with van der Waals surface area (Å²) in [5.41, 5.74) is 3.06. The van der Waals surface area contributed by atoms with E-state index in [2.05, 4.69) is 10.2 Å². The third-order valence-corrected chi connectivity index (χ3v) is 3.89. The molecule has 0 aliphatic carbocycles. The lowest BCUT2D eigenvalue weighted by atomic mass is 10.1. The molecule has 0 bridgehead atoms. The SMILES string of the molecule is Cc1ccc(-c2nnc(/C=C/c3ccccc3OCC3CO3)o2)cc1. The molecule has 0 amide bonds. The Hall–Kier alpha value is -2.92. The summed E-state index contributed by atoms with van der Waals surface area (Å²) in [5.74, 6) is 1.78. The number of para-hydroxylation sites is 1. The summed E-state index contributed by atoms with van der Waals surface area (Å²) in [5, 5.41) is 8.18. The summed E-state index contributed by atoms with van der Waals surface area (Å²) < 4.78 is 16.7. The molecule has 1 atom stereocenters. The maximum Gasteiger partial charge on any atom is 0.248 e. The fourth-order valence-electron chi connectivity index (χ4n) is 2.37. The van der Waals surface area contributed by atoms with Crippen LogP contribution in [-0.2, 0) is 4.74 Å². The molecule has 0 spiro atoms. The number of ether oxygens (including phenoxy) is 2. The fourth-order valence-corrected chi connectivity index (χ4v) is 2.37. The first-order valence-corrected chi connectivity index (χ1v) is 8.20. The van der Waals surface area contributed by atoms with Crippen LogP contribution in [0, 0.1) is 6.92 Å². The van der Waals surface area contributed by atoms with E-state index in [1.165, 1.54) is 5.56 Å². The zero-order valence-electron chi connectivity index (χ0n) is 13.9. The topological polar surface area (TPSA) is 60.7 Å². The molecule has 25 heavy (non-hydrogen) atoms. The molecular formula is C20H18N2O3. The van der Waals surface area contributed by atoms with Gasteiger partial charge in [0.15, 0.2) is 0 Å². The van der Waals surface area contributed by atoms with Crippen LogP contribution in [0.3, 0.4) is 0 Å². The van der Waals surface area contributed by atoms with Gasteiger partial charge in [-0.1, -0.05) is 35.9 Å². The molecule has 126 valence electrons. The van der Waals surface area contributed by atoms with Gasteiger partial charge >= 0.3 is 0 Å². The molecule has 1 aliphatic heterocycles. The van der Waals surface area contributed by atoms with Crippen LogP contribution in [0.2, 0.25) is 0 Å². The van der Waals surface area contributed by atoms with Crippen LogP contribution in [0.15, 0.2) is 52.9 Å². The number of rotatable bonds is 6. The molecule has 2 aromatic carbocycles. The average molecular weight is 334 g/mol. The van der Waals surface area contributed by atoms with Crippen LogP contribution in [0.1, 0.15) is 17.0 Å². The van der Waals surface area contributed by atoms with E-state index in [0.29, 0.717) is 18.4 Å². The van der Waals surface area contributed by atoms with Crippen molar-refractivity contribution in [2.75, 3.05) is 13.2 Å². The van der Waals surface area contributed by atoms with E-state index in [0.717, 1.165) is 23.5 Å². The van der Waals surface area contributed by atoms with E-state index in [1.807, 2.05) is 61.5 Å². The van der Waals surface area contributed by atoms with Crippen molar-refractivity contribution < 1.29 is 13.9 Å². The monoisotopic (exact) mass is 334 g/mol. The summed E-state index contributed by atoms with van der Waals surface area (Å²) in [6.45, 7) is 3.39. The summed E-state index contributed by atoms with van der Waals surface area (Å²) in [6.07, 6.45) is 3.93. The summed E-state index contributed by atoms with van der Waals surface area (Å²) >= 11 is 0. The maximum atomic E-state index is 5.79. The number of hydrogen-bond acceptors (Lipinski definition) is 5. The van der Waals surface area contributed by atoms with Gasteiger partial charge in [0, 0.05) is 17.2 Å². The van der Waals surface area contributed by atoms with Crippen LogP contribution in [-0.4, -0.2) is 29.5 Å². The number of hydrogen-bond donors (Lipinski definition) is 0. The fraction of sp³-hybridized carbons (Fsp3) is 0.200. The molecule has 1 saturated heterocycles. The Bertz CT molecular complexity index is 880. The molecule has 1 aliphatic rings. The Morgan fingerprint density at radius 1 is 1.08 bits per heavy atom. The first-order chi connectivity index (χ1) is 12.3. The molecule has 2 heterocycles. The van der Waals surface area contributed by atoms with Crippen LogP contribution in [0.4, 0.5) is 0 Å². The molecule has 0 saturated carbocycles. The van der Waals surface area contributed by atoms with Crippen molar-refractivity contribution in [2.24, 2.45) is 0 Å². The van der Waals surface area contributed by atoms with Gasteiger partial charge in [0.25, 0.3) is 0 Å². The molecule has 0 N–H and O–H groups in total. The van der Waals surface area contributed by atoms with Gasteiger partial charge in [-0.05, 0) is 31.2 Å². The molecule has 4 rings (SSSR count). The lowest BCUT2D eigenvalue weighted by Gasteiger charge is -2.07. The Kier molecular flexibility index (Phi) is 4.31. The minimum absolute atomic E-state index is 0.227. The highest BCUT2D eigenvalue weighted by atomic mass is 16.6. The number of aromatic nitrogens is 2. The molecule has 0 radical (unpaired) electrons. The van der Waals surface area contributed by atoms with Gasteiger partial charge in [-0.3, -0.25) is 0 Å². The molecule has 1 unspecified atom stereocenters. The zero-order chi connectivity index (χ0) is 17.1. The Balaban J connectivity index is 1.49. The second-order valence-electron chi connectivity index (χ2n) is 5.95. The summed E-state index contributed by atoms with van der Waals surface area (Å²) in [4.78, 5) is 0. The average Bonchev–Trinajstić information content (AvgIpc) is 3.35. The molecule has 1 fully saturated rings. The lowest BCUT2D eigenvalue weighted by molar-refractivity contribution is 0.262. The van der Waals surface area contributed by atoms with Crippen molar-refractivity contribution in [2.45, 2.75) is 13.0 Å². The van der Waals surface area contributed by atoms with E-state index in [1.54, 1.807) is 6.08 Å². The second kappa shape index (κ2) is 6.91. The third-order valence-electron chi connectivity index (χ3n) is 3.89. The number of epoxide rings is 1. The van der Waals surface area contributed by atoms with E-state index in [9.17, 15) is 0 Å². The predicted molar refractivity (Wildman–Crippen MR) is 95.1 cm³/mol. The van der Waals surface area contributed by atoms with Gasteiger partial charge in [0.2, 0.25) is 11.8 Å². The molecule has 1 aromatic heterocycles. The maximum absolute atomic E-state index is 5.79. The highest BCUT2D eigenvalue weighted by molar-refractivity contribution is 5.70. The van der Waals surface area contributed by atoms with Crippen molar-refractivity contribution in [3.8, 4) is 17.2 Å². The highest BCUT2D eigenvalue weighted by Gasteiger charge is 2.23. The first kappa shape index (κ1) is 15.6. The van der Waals surface area contributed by atoms with E-state index >= 15 is 0 Å². The largest absolute Gasteiger partial charge is 0.490 e. The quantitative estimate of drug-likeness (QED) is 0.638. The lowest BCUT2D eigenvalue weighted by Crippen LogP contribution is -2.04. The van der Waals surface area contributed by atoms with E-state index < -0.39 is 0 Å². The first-order valence-electron chi connectivity index (χ1n) is 8.20. The third kappa shape index (κ3) is 3.95. The van der Waals surface area contributed by atoms with Crippen LogP contribution in [0.5, 0.6) is 5.75 Å². The van der Waals surface area contributed by atoms with Crippen molar-refractivity contribution in [1.29, 1.82) is 0 Å². The van der Waals surface area contributed by atoms with Crippen molar-refractivity contribution >= 4 is 12.2 Å². The second-order valence-corrected chi connectivity index (χ2v) is 5.95. The van der Waals surface area contributed by atoms with E-state index in [-0.39, 0.29) is 6.10 Å². The Morgan fingerprint density at radius 2 is 1.88 bits per heavy atom. The molecular weight excluding hydrogens is 316 g/mol. The van der Waals surface area contributed by atoms with Gasteiger partial charge in [-0.15, -0.1) is 10.2 Å². The van der Waals surface area contributed by atoms with Gasteiger partial charge < -0.3 is 13.9 Å². The summed E-state index contributed by atoms with van der Waals surface area (Å²) in [7, 11) is 0. The van der Waals surface area contributed by atoms with Crippen molar-refractivity contribution in [1.82, 2.24) is 10.2 Å². The normalized spacial score (nSPS) is 16.3. The van der Waals surface area contributed by atoms with Gasteiger partial charge in [-0.25, -0.2) is 0 Å². The van der Waals surface area contributed by atoms with Crippen LogP contribution >= 0.6 is 0 Å². The molecule has 5 nitrogen and oxygen atoms in total. The van der Waals surface area contributed by atoms with Crippen molar-refractivity contribution in [3.05, 3.63) is 65.5 Å². The van der Waals surface area contributed by atoms with Gasteiger partial charge in [0.1, 0.15) is 18.5 Å². The van der Waals surface area contributed by atoms with Crippen LogP contribution < -0.4 is 4.74 Å². The van der Waals surface area contributed by atoms with Gasteiger partial charge in [0.05, 0.1) is 6.61 Å². The number of nitrogens with zero attached hydrogens (tertiary/aromatic N) is 2. The zero-order valence-corrected chi connectivity index (χ0v) is 13.9. The molecule has 3 aromatic rings. The highest BCUT2D eigenvalue weighted by Crippen LogP contribution is 2.23. The minimum Gasteiger partial charge on any atom is -0.490 e. The predicted octanol–water partition coefficient (Wildman–Crippen LogP) is 3.99. The minimum atomic E-state index is 0.227. The standard InChI is InChI=1S/C20H18N2O3/c1-14-6-8-16(9-7-14)20-22-21-19(25-20)11-10-15-4-2-3-5-18(15)24-13-17-12-23-17/h2-11,17H,12-13H2,1H3/b11-10+. The number of aryl methyl sites for hydroxylation is 1. The molecule has 5 heteroatoms. The van der Waals surface area contributed by atoms with Crippen LogP contribution in [0.25, 0.3) is 23.6 Å². The Morgan fingerprint density at radius 3 is 2.68 bits per heavy atom.